The van der Waals surface area contributed by atoms with E-state index in [0.29, 0.717) is 0 Å². The van der Waals surface area contributed by atoms with Gasteiger partial charge in [0.15, 0.2) is 0 Å². The Hall–Kier alpha value is -3.11. The summed E-state index contributed by atoms with van der Waals surface area (Å²) in [6.45, 7) is 7.05. The number of fused-ring (bicyclic) bond motifs is 5. The summed E-state index contributed by atoms with van der Waals surface area (Å²) < 4.78 is 2.43. The van der Waals surface area contributed by atoms with Gasteiger partial charge in [-0.3, -0.25) is 9.69 Å². The van der Waals surface area contributed by atoms with Crippen molar-refractivity contribution in [2.45, 2.75) is 38.3 Å². The molecule has 1 N–H and O–H groups in total. The number of rotatable bonds is 3. The number of benzene rings is 3. The number of piperidine rings is 1. The molecular formula is C28H29N3O. The Morgan fingerprint density at radius 3 is 2.50 bits per heavy atom. The largest absolute Gasteiger partial charge is 0.351 e. The second-order valence-electron chi connectivity index (χ2n) is 9.40. The first-order valence-corrected chi connectivity index (χ1v) is 11.8. The minimum Gasteiger partial charge on any atom is -0.351 e. The summed E-state index contributed by atoms with van der Waals surface area (Å²) >= 11 is 0. The lowest BCUT2D eigenvalue weighted by Gasteiger charge is -2.45. The summed E-state index contributed by atoms with van der Waals surface area (Å²) in [5.41, 5.74) is 6.23. The van der Waals surface area contributed by atoms with Gasteiger partial charge in [0, 0.05) is 52.4 Å². The molecule has 1 fully saturated rings. The standard InChI is InChI=1S/C28H29N3O/c1-2-31-25-10-6-4-7-21(25)22-12-11-20(17-26(22)31)18-30-15-13-28(14-16-30)19-29-27(32)23-8-3-5-9-24(23)28/h3-12,17H,2,13-16,18-19H2,1H3,(H,29,32). The molecule has 0 radical (unpaired) electrons. The predicted octanol–water partition coefficient (Wildman–Crippen LogP) is 5.09. The highest BCUT2D eigenvalue weighted by Gasteiger charge is 2.41. The lowest BCUT2D eigenvalue weighted by atomic mass is 9.69. The number of nitrogens with zero attached hydrogens (tertiary/aromatic N) is 2. The quantitative estimate of drug-likeness (QED) is 0.498. The number of nitrogens with one attached hydrogen (secondary N) is 1. The maximum atomic E-state index is 12.3. The van der Waals surface area contributed by atoms with E-state index in [9.17, 15) is 4.79 Å². The summed E-state index contributed by atoms with van der Waals surface area (Å²) in [6, 6.07) is 23.9. The fourth-order valence-corrected chi connectivity index (χ4v) is 5.96. The van der Waals surface area contributed by atoms with Crippen LogP contribution in [0.25, 0.3) is 21.8 Å². The van der Waals surface area contributed by atoms with Gasteiger partial charge in [0.2, 0.25) is 0 Å². The van der Waals surface area contributed by atoms with Gasteiger partial charge in [-0.2, -0.15) is 0 Å². The summed E-state index contributed by atoms with van der Waals surface area (Å²) in [6.07, 6.45) is 2.17. The molecule has 1 amide bonds. The third-order valence-electron chi connectivity index (χ3n) is 7.70. The molecule has 3 aromatic carbocycles. The van der Waals surface area contributed by atoms with E-state index in [0.717, 1.165) is 51.1 Å². The molecule has 0 unspecified atom stereocenters. The highest BCUT2D eigenvalue weighted by Crippen LogP contribution is 2.39. The number of amides is 1. The number of aromatic nitrogens is 1. The van der Waals surface area contributed by atoms with Crippen LogP contribution in [0.1, 0.15) is 41.3 Å². The molecule has 4 nitrogen and oxygen atoms in total. The summed E-state index contributed by atoms with van der Waals surface area (Å²) in [5, 5.41) is 5.84. The van der Waals surface area contributed by atoms with Crippen molar-refractivity contribution in [1.82, 2.24) is 14.8 Å². The van der Waals surface area contributed by atoms with Crippen LogP contribution < -0.4 is 5.32 Å². The molecule has 1 saturated heterocycles. The van der Waals surface area contributed by atoms with Crippen LogP contribution in [0.4, 0.5) is 0 Å². The fourth-order valence-electron chi connectivity index (χ4n) is 5.96. The molecular weight excluding hydrogens is 394 g/mol. The minimum absolute atomic E-state index is 0.0771. The van der Waals surface area contributed by atoms with E-state index >= 15 is 0 Å². The van der Waals surface area contributed by atoms with Crippen molar-refractivity contribution in [1.29, 1.82) is 0 Å². The molecule has 3 heterocycles. The number of para-hydroxylation sites is 1. The highest BCUT2D eigenvalue weighted by molar-refractivity contribution is 6.08. The van der Waals surface area contributed by atoms with Gasteiger partial charge >= 0.3 is 0 Å². The van der Waals surface area contributed by atoms with Crippen LogP contribution in [0.3, 0.4) is 0 Å². The highest BCUT2D eigenvalue weighted by atomic mass is 16.1. The molecule has 2 aliphatic rings. The second kappa shape index (κ2) is 7.49. The molecule has 0 atom stereocenters. The molecule has 0 aliphatic carbocycles. The Bertz CT molecular complexity index is 1330. The fraction of sp³-hybridized carbons (Fsp3) is 0.321. The Morgan fingerprint density at radius 1 is 0.906 bits per heavy atom. The topological polar surface area (TPSA) is 37.3 Å². The van der Waals surface area contributed by atoms with Gasteiger partial charge in [0.1, 0.15) is 0 Å². The SMILES string of the molecule is CCn1c2ccccc2c2ccc(CN3CCC4(CC3)CNC(=O)c3ccccc34)cc21. The van der Waals surface area contributed by atoms with Crippen molar-refractivity contribution in [2.75, 3.05) is 19.6 Å². The number of carbonyl (C=O) groups excluding carboxylic acids is 1. The molecule has 4 heteroatoms. The molecule has 4 aromatic rings. The molecule has 1 aromatic heterocycles. The van der Waals surface area contributed by atoms with Crippen molar-refractivity contribution in [3.63, 3.8) is 0 Å². The third kappa shape index (κ3) is 2.97. The number of hydrogen-bond donors (Lipinski definition) is 1. The van der Waals surface area contributed by atoms with Crippen molar-refractivity contribution in [3.05, 3.63) is 83.4 Å². The van der Waals surface area contributed by atoms with Crippen molar-refractivity contribution in [3.8, 4) is 0 Å². The Balaban J connectivity index is 1.25. The normalized spacial score (nSPS) is 18.2. The Kier molecular flexibility index (Phi) is 4.58. The zero-order chi connectivity index (χ0) is 21.7. The number of aryl methyl sites for hydroxylation is 1. The molecule has 162 valence electrons. The second-order valence-corrected chi connectivity index (χ2v) is 9.40. The zero-order valence-corrected chi connectivity index (χ0v) is 18.6. The predicted molar refractivity (Wildman–Crippen MR) is 130 cm³/mol. The first kappa shape index (κ1) is 19.6. The van der Waals surface area contributed by atoms with Gasteiger partial charge in [-0.25, -0.2) is 0 Å². The van der Waals surface area contributed by atoms with Gasteiger partial charge in [-0.1, -0.05) is 48.5 Å². The number of hydrogen-bond acceptors (Lipinski definition) is 2. The van der Waals surface area contributed by atoms with E-state index < -0.39 is 0 Å². The van der Waals surface area contributed by atoms with Crippen LogP contribution in [0, 0.1) is 0 Å². The molecule has 32 heavy (non-hydrogen) atoms. The lowest BCUT2D eigenvalue weighted by molar-refractivity contribution is 0.0882. The van der Waals surface area contributed by atoms with Crippen LogP contribution >= 0.6 is 0 Å². The van der Waals surface area contributed by atoms with Gasteiger partial charge in [0.25, 0.3) is 5.91 Å². The van der Waals surface area contributed by atoms with Crippen LogP contribution in [-0.2, 0) is 18.5 Å². The maximum absolute atomic E-state index is 12.3. The Morgan fingerprint density at radius 2 is 1.66 bits per heavy atom. The van der Waals surface area contributed by atoms with E-state index in [1.54, 1.807) is 0 Å². The van der Waals surface area contributed by atoms with E-state index in [-0.39, 0.29) is 11.3 Å². The van der Waals surface area contributed by atoms with Gasteiger partial charge in [0.05, 0.1) is 0 Å². The average Bonchev–Trinajstić information content (AvgIpc) is 3.16. The first-order valence-electron chi connectivity index (χ1n) is 11.8. The summed E-state index contributed by atoms with van der Waals surface area (Å²) in [4.78, 5) is 14.9. The maximum Gasteiger partial charge on any atom is 0.251 e. The third-order valence-corrected chi connectivity index (χ3v) is 7.70. The van der Waals surface area contributed by atoms with Crippen LogP contribution in [0.5, 0.6) is 0 Å². The lowest BCUT2D eigenvalue weighted by Crippen LogP contribution is -2.52. The van der Waals surface area contributed by atoms with Crippen molar-refractivity contribution >= 4 is 27.7 Å². The molecule has 6 rings (SSSR count). The monoisotopic (exact) mass is 423 g/mol. The number of carbonyl (C=O) groups is 1. The Labute approximate surface area is 188 Å². The average molecular weight is 424 g/mol. The molecule has 1 spiro atoms. The summed E-state index contributed by atoms with van der Waals surface area (Å²) in [7, 11) is 0. The molecule has 2 aliphatic heterocycles. The van der Waals surface area contributed by atoms with E-state index in [2.05, 4.69) is 76.3 Å². The molecule has 0 saturated carbocycles. The zero-order valence-electron chi connectivity index (χ0n) is 18.6. The molecule has 0 bridgehead atoms. The number of likely N-dealkylation sites (tertiary alicyclic amines) is 1. The van der Waals surface area contributed by atoms with Crippen molar-refractivity contribution in [2.24, 2.45) is 0 Å². The van der Waals surface area contributed by atoms with Crippen LogP contribution in [0.2, 0.25) is 0 Å². The smallest absolute Gasteiger partial charge is 0.251 e. The van der Waals surface area contributed by atoms with Gasteiger partial charge in [-0.15, -0.1) is 0 Å². The summed E-state index contributed by atoms with van der Waals surface area (Å²) in [5.74, 6) is 0.0771. The van der Waals surface area contributed by atoms with Gasteiger partial charge in [-0.05, 0) is 62.2 Å². The van der Waals surface area contributed by atoms with E-state index in [1.807, 2.05) is 12.1 Å². The van der Waals surface area contributed by atoms with Crippen LogP contribution in [0.15, 0.2) is 66.7 Å². The van der Waals surface area contributed by atoms with E-state index in [4.69, 9.17) is 0 Å². The minimum atomic E-state index is 0.0771. The van der Waals surface area contributed by atoms with E-state index in [1.165, 1.54) is 32.9 Å². The first-order chi connectivity index (χ1) is 15.7. The van der Waals surface area contributed by atoms with Crippen molar-refractivity contribution < 1.29 is 4.79 Å². The van der Waals surface area contributed by atoms with Gasteiger partial charge < -0.3 is 9.88 Å². The van der Waals surface area contributed by atoms with Crippen LogP contribution in [-0.4, -0.2) is 35.0 Å².